The standard InChI is InChI=1S/C12H17ClFNO/c1-12(2,16-3)6-7-15-11-8-9(13)4-5-10(11)14/h4-5,8,15H,6-7H2,1-3H3. The van der Waals surface area contributed by atoms with E-state index in [0.29, 0.717) is 17.3 Å². The Morgan fingerprint density at radius 3 is 2.75 bits per heavy atom. The van der Waals surface area contributed by atoms with E-state index in [4.69, 9.17) is 16.3 Å². The second kappa shape index (κ2) is 5.51. The molecule has 0 unspecified atom stereocenters. The average Bonchev–Trinajstić information content (AvgIpc) is 2.23. The normalized spacial score (nSPS) is 11.6. The topological polar surface area (TPSA) is 21.3 Å². The van der Waals surface area contributed by atoms with E-state index in [1.807, 2.05) is 13.8 Å². The van der Waals surface area contributed by atoms with Crippen LogP contribution in [-0.2, 0) is 4.74 Å². The minimum absolute atomic E-state index is 0.206. The van der Waals surface area contributed by atoms with Gasteiger partial charge in [-0.05, 0) is 38.5 Å². The number of nitrogens with one attached hydrogen (secondary N) is 1. The summed E-state index contributed by atoms with van der Waals surface area (Å²) in [6, 6.07) is 4.46. The second-order valence-corrected chi connectivity index (χ2v) is 4.70. The highest BCUT2D eigenvalue weighted by molar-refractivity contribution is 6.30. The Kier molecular flexibility index (Phi) is 4.56. The quantitative estimate of drug-likeness (QED) is 0.854. The first-order valence-electron chi connectivity index (χ1n) is 5.19. The summed E-state index contributed by atoms with van der Waals surface area (Å²) in [4.78, 5) is 0. The van der Waals surface area contributed by atoms with E-state index in [9.17, 15) is 4.39 Å². The largest absolute Gasteiger partial charge is 0.383 e. The molecule has 0 aromatic heterocycles. The first-order chi connectivity index (χ1) is 7.44. The van der Waals surface area contributed by atoms with Crippen LogP contribution in [0.1, 0.15) is 20.3 Å². The van der Waals surface area contributed by atoms with Crippen LogP contribution < -0.4 is 5.32 Å². The predicted octanol–water partition coefficient (Wildman–Crippen LogP) is 3.71. The lowest BCUT2D eigenvalue weighted by Gasteiger charge is -2.23. The fraction of sp³-hybridized carbons (Fsp3) is 0.500. The van der Waals surface area contributed by atoms with E-state index in [1.54, 1.807) is 13.2 Å². The molecule has 2 nitrogen and oxygen atoms in total. The van der Waals surface area contributed by atoms with E-state index in [2.05, 4.69) is 5.32 Å². The fourth-order valence-corrected chi connectivity index (χ4v) is 1.41. The molecule has 0 saturated heterocycles. The summed E-state index contributed by atoms with van der Waals surface area (Å²) >= 11 is 5.78. The highest BCUT2D eigenvalue weighted by Gasteiger charge is 2.15. The molecule has 1 aromatic rings. The van der Waals surface area contributed by atoms with Crippen molar-refractivity contribution in [1.82, 2.24) is 0 Å². The number of halogens is 2. The van der Waals surface area contributed by atoms with Crippen LogP contribution in [0.3, 0.4) is 0 Å². The van der Waals surface area contributed by atoms with Crippen molar-refractivity contribution in [2.75, 3.05) is 19.0 Å². The van der Waals surface area contributed by atoms with Crippen molar-refractivity contribution in [2.24, 2.45) is 0 Å². The first kappa shape index (κ1) is 13.3. The molecular weight excluding hydrogens is 229 g/mol. The van der Waals surface area contributed by atoms with E-state index >= 15 is 0 Å². The summed E-state index contributed by atoms with van der Waals surface area (Å²) in [5.74, 6) is -0.292. The maximum atomic E-state index is 13.3. The number of hydrogen-bond donors (Lipinski definition) is 1. The molecule has 90 valence electrons. The molecule has 1 aromatic carbocycles. The summed E-state index contributed by atoms with van der Waals surface area (Å²) in [5, 5.41) is 3.53. The lowest BCUT2D eigenvalue weighted by molar-refractivity contribution is 0.0185. The van der Waals surface area contributed by atoms with Crippen molar-refractivity contribution in [1.29, 1.82) is 0 Å². The zero-order valence-electron chi connectivity index (χ0n) is 9.81. The Balaban J connectivity index is 2.52. The van der Waals surface area contributed by atoms with Gasteiger partial charge in [0.2, 0.25) is 0 Å². The van der Waals surface area contributed by atoms with Gasteiger partial charge in [-0.2, -0.15) is 0 Å². The van der Waals surface area contributed by atoms with Crippen LogP contribution in [-0.4, -0.2) is 19.3 Å². The van der Waals surface area contributed by atoms with Gasteiger partial charge in [0.15, 0.2) is 0 Å². The van der Waals surface area contributed by atoms with Gasteiger partial charge in [-0.15, -0.1) is 0 Å². The third-order valence-electron chi connectivity index (χ3n) is 2.52. The van der Waals surface area contributed by atoms with Gasteiger partial charge in [-0.25, -0.2) is 4.39 Å². The molecule has 0 aliphatic carbocycles. The summed E-state index contributed by atoms with van der Waals surface area (Å²) < 4.78 is 18.6. The van der Waals surface area contributed by atoms with E-state index < -0.39 is 0 Å². The molecule has 1 rings (SSSR count). The number of anilines is 1. The number of hydrogen-bond acceptors (Lipinski definition) is 2. The molecule has 0 radical (unpaired) electrons. The smallest absolute Gasteiger partial charge is 0.146 e. The molecule has 0 atom stereocenters. The summed E-state index contributed by atoms with van der Waals surface area (Å²) in [6.07, 6.45) is 0.787. The second-order valence-electron chi connectivity index (χ2n) is 4.26. The maximum absolute atomic E-state index is 13.3. The molecule has 4 heteroatoms. The van der Waals surface area contributed by atoms with Gasteiger partial charge < -0.3 is 10.1 Å². The molecule has 0 amide bonds. The van der Waals surface area contributed by atoms with E-state index in [0.717, 1.165) is 6.42 Å². The molecule has 0 heterocycles. The van der Waals surface area contributed by atoms with Gasteiger partial charge in [-0.3, -0.25) is 0 Å². The monoisotopic (exact) mass is 245 g/mol. The van der Waals surface area contributed by atoms with Crippen LogP contribution in [0.15, 0.2) is 18.2 Å². The Labute approximate surface area is 101 Å². The molecule has 0 aliphatic rings. The van der Waals surface area contributed by atoms with Gasteiger partial charge in [0.25, 0.3) is 0 Å². The van der Waals surface area contributed by atoms with Crippen LogP contribution in [0.4, 0.5) is 10.1 Å². The lowest BCUT2D eigenvalue weighted by atomic mass is 10.1. The average molecular weight is 246 g/mol. The number of rotatable bonds is 5. The summed E-state index contributed by atoms with van der Waals surface area (Å²) in [7, 11) is 1.67. The van der Waals surface area contributed by atoms with Crippen LogP contribution >= 0.6 is 11.6 Å². The van der Waals surface area contributed by atoms with Crippen molar-refractivity contribution < 1.29 is 9.13 Å². The fourth-order valence-electron chi connectivity index (χ4n) is 1.23. The van der Waals surface area contributed by atoms with Crippen molar-refractivity contribution in [3.05, 3.63) is 29.0 Å². The zero-order chi connectivity index (χ0) is 12.2. The number of methoxy groups -OCH3 is 1. The van der Waals surface area contributed by atoms with Gasteiger partial charge in [0, 0.05) is 18.7 Å². The first-order valence-corrected chi connectivity index (χ1v) is 5.56. The van der Waals surface area contributed by atoms with Gasteiger partial charge in [0.05, 0.1) is 11.3 Å². The molecule has 0 bridgehead atoms. The van der Waals surface area contributed by atoms with Crippen LogP contribution in [0.25, 0.3) is 0 Å². The van der Waals surface area contributed by atoms with Gasteiger partial charge in [-0.1, -0.05) is 11.6 Å². The summed E-state index contributed by atoms with van der Waals surface area (Å²) in [5.41, 5.74) is 0.224. The number of benzene rings is 1. The maximum Gasteiger partial charge on any atom is 0.146 e. The summed E-state index contributed by atoms with van der Waals surface area (Å²) in [6.45, 7) is 4.62. The Morgan fingerprint density at radius 1 is 1.44 bits per heavy atom. The Bertz CT molecular complexity index is 355. The van der Waals surface area contributed by atoms with Gasteiger partial charge in [0.1, 0.15) is 5.82 Å². The Hall–Kier alpha value is -0.800. The van der Waals surface area contributed by atoms with Crippen LogP contribution in [0.2, 0.25) is 5.02 Å². The predicted molar refractivity (Wildman–Crippen MR) is 65.6 cm³/mol. The highest BCUT2D eigenvalue weighted by atomic mass is 35.5. The highest BCUT2D eigenvalue weighted by Crippen LogP contribution is 2.20. The molecule has 0 fully saturated rings. The molecule has 16 heavy (non-hydrogen) atoms. The third-order valence-corrected chi connectivity index (χ3v) is 2.76. The molecule has 0 spiro atoms. The zero-order valence-corrected chi connectivity index (χ0v) is 10.6. The van der Waals surface area contributed by atoms with Crippen molar-refractivity contribution in [3.8, 4) is 0 Å². The SMILES string of the molecule is COC(C)(C)CCNc1cc(Cl)ccc1F. The minimum atomic E-state index is -0.292. The number of ether oxygens (including phenoxy) is 1. The third kappa shape index (κ3) is 3.99. The Morgan fingerprint density at radius 2 is 2.12 bits per heavy atom. The van der Waals surface area contributed by atoms with Gasteiger partial charge >= 0.3 is 0 Å². The van der Waals surface area contributed by atoms with Crippen molar-refractivity contribution in [2.45, 2.75) is 25.9 Å². The van der Waals surface area contributed by atoms with E-state index in [-0.39, 0.29) is 11.4 Å². The van der Waals surface area contributed by atoms with Crippen molar-refractivity contribution >= 4 is 17.3 Å². The lowest BCUT2D eigenvalue weighted by Crippen LogP contribution is -2.25. The van der Waals surface area contributed by atoms with Crippen molar-refractivity contribution in [3.63, 3.8) is 0 Å². The molecule has 0 aliphatic heterocycles. The van der Waals surface area contributed by atoms with E-state index in [1.165, 1.54) is 12.1 Å². The molecule has 1 N–H and O–H groups in total. The van der Waals surface area contributed by atoms with Crippen LogP contribution in [0.5, 0.6) is 0 Å². The van der Waals surface area contributed by atoms with Crippen LogP contribution in [0, 0.1) is 5.82 Å². The molecular formula is C12H17ClFNO. The molecule has 0 saturated carbocycles. The minimum Gasteiger partial charge on any atom is -0.383 e.